The molecule has 2 aliphatic rings. The van der Waals surface area contributed by atoms with Crippen molar-refractivity contribution >= 4 is 28.4 Å². The van der Waals surface area contributed by atoms with E-state index in [1.807, 2.05) is 0 Å². The molecule has 1 saturated heterocycles. The van der Waals surface area contributed by atoms with E-state index in [4.69, 9.17) is 9.47 Å². The molecule has 2 N–H and O–H groups in total. The van der Waals surface area contributed by atoms with Crippen molar-refractivity contribution in [2.24, 2.45) is 0 Å². The summed E-state index contributed by atoms with van der Waals surface area (Å²) in [4.78, 5) is 27.9. The molecule has 2 aliphatic heterocycles. The molecule has 2 bridgehead atoms. The minimum Gasteiger partial charge on any atom is -0.489 e. The molecule has 0 spiro atoms. The maximum atomic E-state index is 13.7. The fourth-order valence-corrected chi connectivity index (χ4v) is 4.38. The number of fused-ring (bicyclic) bond motifs is 5. The molecule has 0 unspecified atom stereocenters. The van der Waals surface area contributed by atoms with Crippen molar-refractivity contribution in [2.45, 2.75) is 38.5 Å². The third-order valence-corrected chi connectivity index (χ3v) is 6.24. The van der Waals surface area contributed by atoms with Gasteiger partial charge in [-0.2, -0.15) is 23.1 Å². The van der Waals surface area contributed by atoms with E-state index in [1.165, 1.54) is 12.3 Å². The van der Waals surface area contributed by atoms with Gasteiger partial charge in [0.15, 0.2) is 0 Å². The predicted octanol–water partition coefficient (Wildman–Crippen LogP) is 3.70. The first-order chi connectivity index (χ1) is 17.0. The molecule has 0 saturated carbocycles. The largest absolute Gasteiger partial charge is 0.489 e. The first-order valence-corrected chi connectivity index (χ1v) is 11.5. The Labute approximate surface area is 205 Å². The minimum absolute atomic E-state index is 0.0386. The van der Waals surface area contributed by atoms with E-state index in [9.17, 15) is 18.0 Å². The van der Waals surface area contributed by atoms with E-state index in [2.05, 4.69) is 25.6 Å². The van der Waals surface area contributed by atoms with Crippen LogP contribution in [0, 0.1) is 0 Å². The standard InChI is InChI=1S/C24H25F3N6O3/c1-13-14-5-4-6-16(24(25,26)27)19(14)35-9-10-36-22-31-17-12-28-18(11-15(17)20(30-13)32-22)33-8-7-29-23(2,3)21(33)34/h4-6,11-13,29H,7-10H2,1-3H3,(H,30,31,32)/t13-/m1/s1. The van der Waals surface area contributed by atoms with Crippen molar-refractivity contribution in [2.75, 3.05) is 36.5 Å². The fraction of sp³-hybridized carbons (Fsp3) is 0.417. The number of anilines is 2. The van der Waals surface area contributed by atoms with E-state index in [-0.39, 0.29) is 30.9 Å². The van der Waals surface area contributed by atoms with Gasteiger partial charge < -0.3 is 20.1 Å². The predicted molar refractivity (Wildman–Crippen MR) is 126 cm³/mol. The number of benzene rings is 1. The number of rotatable bonds is 1. The van der Waals surface area contributed by atoms with Crippen LogP contribution in [0.4, 0.5) is 24.8 Å². The average Bonchev–Trinajstić information content (AvgIpc) is 2.84. The smallest absolute Gasteiger partial charge is 0.419 e. The topological polar surface area (TPSA) is 102 Å². The van der Waals surface area contributed by atoms with Crippen LogP contribution in [0.5, 0.6) is 11.8 Å². The Morgan fingerprint density at radius 3 is 2.72 bits per heavy atom. The van der Waals surface area contributed by atoms with Gasteiger partial charge in [-0.05, 0) is 32.9 Å². The number of hydrogen-bond acceptors (Lipinski definition) is 8. The van der Waals surface area contributed by atoms with Crippen molar-refractivity contribution in [3.63, 3.8) is 0 Å². The van der Waals surface area contributed by atoms with Crippen LogP contribution in [-0.2, 0) is 11.0 Å². The second-order valence-corrected chi connectivity index (χ2v) is 9.21. The Balaban J connectivity index is 1.59. The van der Waals surface area contributed by atoms with E-state index < -0.39 is 23.3 Å². The van der Waals surface area contributed by atoms with Gasteiger partial charge >= 0.3 is 12.2 Å². The van der Waals surface area contributed by atoms with E-state index in [1.54, 1.807) is 37.8 Å². The van der Waals surface area contributed by atoms with E-state index >= 15 is 0 Å². The number of ether oxygens (including phenoxy) is 2. The van der Waals surface area contributed by atoms with E-state index in [0.717, 1.165) is 6.07 Å². The van der Waals surface area contributed by atoms with Crippen LogP contribution in [-0.4, -0.2) is 52.7 Å². The van der Waals surface area contributed by atoms with Crippen LogP contribution in [0.2, 0.25) is 0 Å². The maximum Gasteiger partial charge on any atom is 0.419 e. The first kappa shape index (κ1) is 24.0. The SMILES string of the molecule is C[C@H]1Nc2nc(nc3cnc(N4CCNC(C)(C)C4=O)cc23)OCCOc2c1cccc2C(F)(F)F. The Kier molecular flexibility index (Phi) is 5.86. The van der Waals surface area contributed by atoms with Gasteiger partial charge in [-0.1, -0.05) is 12.1 Å². The summed E-state index contributed by atoms with van der Waals surface area (Å²) in [5.41, 5.74) is -0.812. The highest BCUT2D eigenvalue weighted by Crippen LogP contribution is 2.41. The molecule has 1 atom stereocenters. The number of amides is 1. The Hall–Kier alpha value is -3.67. The number of piperazine rings is 1. The molecule has 1 fully saturated rings. The fourth-order valence-electron chi connectivity index (χ4n) is 4.38. The number of alkyl halides is 3. The molecule has 36 heavy (non-hydrogen) atoms. The second kappa shape index (κ2) is 8.77. The molecule has 9 nitrogen and oxygen atoms in total. The molecule has 190 valence electrons. The van der Waals surface area contributed by atoms with Gasteiger partial charge in [0.25, 0.3) is 0 Å². The first-order valence-electron chi connectivity index (χ1n) is 11.5. The van der Waals surface area contributed by atoms with Crippen molar-refractivity contribution in [3.05, 3.63) is 41.6 Å². The van der Waals surface area contributed by atoms with Crippen LogP contribution in [0.1, 0.15) is 37.9 Å². The molecule has 12 heteroatoms. The third kappa shape index (κ3) is 4.36. The normalized spacial score (nSPS) is 20.0. The lowest BCUT2D eigenvalue weighted by atomic mass is 10.0. The maximum absolute atomic E-state index is 13.7. The average molecular weight is 502 g/mol. The number of carbonyl (C=O) groups is 1. The Bertz CT molecular complexity index is 1330. The lowest BCUT2D eigenvalue weighted by molar-refractivity contribution is -0.139. The number of hydrogen-bond donors (Lipinski definition) is 2. The number of carbonyl (C=O) groups excluding carboxylic acids is 1. The van der Waals surface area contributed by atoms with Crippen LogP contribution in [0.3, 0.4) is 0 Å². The molecule has 2 aromatic heterocycles. The Morgan fingerprint density at radius 2 is 1.94 bits per heavy atom. The van der Waals surface area contributed by atoms with Crippen molar-refractivity contribution in [1.29, 1.82) is 0 Å². The van der Waals surface area contributed by atoms with Crippen LogP contribution >= 0.6 is 0 Å². The molecule has 0 aliphatic carbocycles. The van der Waals surface area contributed by atoms with Crippen LogP contribution in [0.15, 0.2) is 30.5 Å². The van der Waals surface area contributed by atoms with Crippen molar-refractivity contribution in [3.8, 4) is 11.8 Å². The molecule has 3 aromatic rings. The van der Waals surface area contributed by atoms with Gasteiger partial charge in [-0.25, -0.2) is 4.98 Å². The molecule has 4 heterocycles. The Morgan fingerprint density at radius 1 is 1.17 bits per heavy atom. The summed E-state index contributed by atoms with van der Waals surface area (Å²) < 4.78 is 52.2. The van der Waals surface area contributed by atoms with Gasteiger partial charge in [-0.15, -0.1) is 0 Å². The van der Waals surface area contributed by atoms with Crippen LogP contribution < -0.4 is 25.0 Å². The molecular formula is C24H25F3N6O3. The number of nitrogens with zero attached hydrogens (tertiary/aromatic N) is 4. The molecule has 1 amide bonds. The third-order valence-electron chi connectivity index (χ3n) is 6.24. The molecule has 5 rings (SSSR count). The molecular weight excluding hydrogens is 477 g/mol. The monoisotopic (exact) mass is 502 g/mol. The summed E-state index contributed by atoms with van der Waals surface area (Å²) in [7, 11) is 0. The van der Waals surface area contributed by atoms with Gasteiger partial charge in [0, 0.05) is 24.0 Å². The zero-order valence-corrected chi connectivity index (χ0v) is 19.9. The van der Waals surface area contributed by atoms with Crippen molar-refractivity contribution in [1.82, 2.24) is 20.3 Å². The minimum atomic E-state index is -4.58. The summed E-state index contributed by atoms with van der Waals surface area (Å²) in [6.07, 6.45) is -3.05. The highest BCUT2D eigenvalue weighted by Gasteiger charge is 2.37. The molecule has 0 radical (unpaired) electrons. The summed E-state index contributed by atoms with van der Waals surface area (Å²) in [6.45, 7) is 6.19. The number of halogens is 3. The highest BCUT2D eigenvalue weighted by atomic mass is 19.4. The van der Waals surface area contributed by atoms with Gasteiger partial charge in [-0.3, -0.25) is 9.69 Å². The summed E-state index contributed by atoms with van der Waals surface area (Å²) in [5.74, 6) is 0.401. The number of pyridine rings is 1. The summed E-state index contributed by atoms with van der Waals surface area (Å²) in [5, 5.41) is 6.93. The lowest BCUT2D eigenvalue weighted by Crippen LogP contribution is -2.61. The van der Waals surface area contributed by atoms with Gasteiger partial charge in [0.05, 0.1) is 28.9 Å². The zero-order chi connectivity index (χ0) is 25.7. The van der Waals surface area contributed by atoms with Crippen LogP contribution in [0.25, 0.3) is 10.9 Å². The lowest BCUT2D eigenvalue weighted by Gasteiger charge is -2.37. The second-order valence-electron chi connectivity index (χ2n) is 9.21. The van der Waals surface area contributed by atoms with E-state index in [0.29, 0.717) is 41.2 Å². The van der Waals surface area contributed by atoms with Gasteiger partial charge in [0.2, 0.25) is 5.91 Å². The summed E-state index contributed by atoms with van der Waals surface area (Å²) >= 11 is 0. The zero-order valence-electron chi connectivity index (χ0n) is 19.9. The quantitative estimate of drug-likeness (QED) is 0.520. The summed E-state index contributed by atoms with van der Waals surface area (Å²) in [6, 6.07) is 5.06. The highest BCUT2D eigenvalue weighted by molar-refractivity contribution is 6.01. The number of nitrogens with one attached hydrogen (secondary N) is 2. The van der Waals surface area contributed by atoms with Gasteiger partial charge in [0.1, 0.15) is 30.6 Å². The number of aromatic nitrogens is 3. The molecule has 1 aromatic carbocycles. The number of para-hydroxylation sites is 1. The van der Waals surface area contributed by atoms with Crippen molar-refractivity contribution < 1.29 is 27.4 Å².